The quantitative estimate of drug-likeness (QED) is 0.727. The third-order valence-corrected chi connectivity index (χ3v) is 2.41. The first-order chi connectivity index (χ1) is 5.79. The third-order valence-electron chi connectivity index (χ3n) is 2.41. The molecule has 0 amide bonds. The van der Waals surface area contributed by atoms with Crippen LogP contribution >= 0.6 is 0 Å². The van der Waals surface area contributed by atoms with Crippen LogP contribution in [-0.2, 0) is 13.1 Å². The molecule has 1 heterocycles. The molecule has 0 unspecified atom stereocenters. The van der Waals surface area contributed by atoms with Crippen molar-refractivity contribution >= 4 is 0 Å². The first kappa shape index (κ1) is 7.80. The second-order valence-corrected chi connectivity index (χ2v) is 3.61. The van der Waals surface area contributed by atoms with Crippen LogP contribution < -0.4 is 5.73 Å². The molecule has 1 aromatic heterocycles. The summed E-state index contributed by atoms with van der Waals surface area (Å²) >= 11 is 0. The molecule has 0 bridgehead atoms. The summed E-state index contributed by atoms with van der Waals surface area (Å²) in [6, 6.07) is 0. The van der Waals surface area contributed by atoms with E-state index in [0.717, 1.165) is 18.2 Å². The largest absolute Gasteiger partial charge is 0.326 e. The van der Waals surface area contributed by atoms with Crippen LogP contribution in [0.1, 0.15) is 24.1 Å². The second-order valence-electron chi connectivity index (χ2n) is 3.61. The zero-order valence-electron chi connectivity index (χ0n) is 7.45. The minimum absolute atomic E-state index is 0.608. The number of hydrogen-bond donors (Lipinski definition) is 1. The van der Waals surface area contributed by atoms with Gasteiger partial charge in [0.2, 0.25) is 0 Å². The topological polar surface area (TPSA) is 43.8 Å². The maximum Gasteiger partial charge on any atom is 0.0638 e. The molecule has 2 rings (SSSR count). The van der Waals surface area contributed by atoms with Crippen molar-refractivity contribution in [2.45, 2.75) is 32.9 Å². The molecule has 0 radical (unpaired) electrons. The SMILES string of the molecule is Cc1nn(CC2CC2)cc1CN. The fourth-order valence-corrected chi connectivity index (χ4v) is 1.42. The second kappa shape index (κ2) is 2.90. The van der Waals surface area contributed by atoms with Crippen LogP contribution in [0.4, 0.5) is 0 Å². The predicted molar refractivity (Wildman–Crippen MR) is 47.6 cm³/mol. The van der Waals surface area contributed by atoms with Gasteiger partial charge >= 0.3 is 0 Å². The summed E-state index contributed by atoms with van der Waals surface area (Å²) < 4.78 is 2.04. The summed E-state index contributed by atoms with van der Waals surface area (Å²) in [6.07, 6.45) is 4.82. The van der Waals surface area contributed by atoms with Crippen molar-refractivity contribution in [1.82, 2.24) is 9.78 Å². The molecule has 1 aliphatic rings. The average Bonchev–Trinajstić information content (AvgIpc) is 2.76. The molecule has 1 aliphatic carbocycles. The van der Waals surface area contributed by atoms with Crippen molar-refractivity contribution < 1.29 is 0 Å². The van der Waals surface area contributed by atoms with Crippen LogP contribution in [0.2, 0.25) is 0 Å². The number of hydrogen-bond acceptors (Lipinski definition) is 2. The van der Waals surface area contributed by atoms with Gasteiger partial charge in [-0.25, -0.2) is 0 Å². The van der Waals surface area contributed by atoms with E-state index in [0.29, 0.717) is 6.54 Å². The standard InChI is InChI=1S/C9H15N3/c1-7-9(4-10)6-12(11-7)5-8-2-3-8/h6,8H,2-5,10H2,1H3. The molecule has 3 heteroatoms. The van der Waals surface area contributed by atoms with E-state index in [9.17, 15) is 0 Å². The first-order valence-corrected chi connectivity index (χ1v) is 4.52. The highest BCUT2D eigenvalue weighted by Crippen LogP contribution is 2.30. The minimum atomic E-state index is 0.608. The lowest BCUT2D eigenvalue weighted by atomic mass is 10.3. The Morgan fingerprint density at radius 1 is 1.67 bits per heavy atom. The van der Waals surface area contributed by atoms with E-state index in [1.54, 1.807) is 0 Å². The Hall–Kier alpha value is -0.830. The molecule has 66 valence electrons. The molecule has 0 spiro atoms. The van der Waals surface area contributed by atoms with Gasteiger partial charge in [0.1, 0.15) is 0 Å². The molecule has 0 saturated heterocycles. The summed E-state index contributed by atoms with van der Waals surface area (Å²) in [7, 11) is 0. The molecular formula is C9H15N3. The summed E-state index contributed by atoms with van der Waals surface area (Å²) in [5.74, 6) is 0.884. The van der Waals surface area contributed by atoms with Crippen molar-refractivity contribution in [3.8, 4) is 0 Å². The highest BCUT2D eigenvalue weighted by atomic mass is 15.3. The van der Waals surface area contributed by atoms with E-state index in [1.165, 1.54) is 18.4 Å². The molecule has 1 aromatic rings. The van der Waals surface area contributed by atoms with Gasteiger partial charge in [-0.3, -0.25) is 4.68 Å². The Labute approximate surface area is 72.6 Å². The number of nitrogens with two attached hydrogens (primary N) is 1. The Balaban J connectivity index is 2.10. The Morgan fingerprint density at radius 2 is 2.42 bits per heavy atom. The average molecular weight is 165 g/mol. The lowest BCUT2D eigenvalue weighted by Gasteiger charge is -1.95. The van der Waals surface area contributed by atoms with Crippen LogP contribution in [0.3, 0.4) is 0 Å². The number of nitrogens with zero attached hydrogens (tertiary/aromatic N) is 2. The number of rotatable bonds is 3. The molecule has 3 nitrogen and oxygen atoms in total. The summed E-state index contributed by atoms with van der Waals surface area (Å²) in [4.78, 5) is 0. The fraction of sp³-hybridized carbons (Fsp3) is 0.667. The van der Waals surface area contributed by atoms with Crippen molar-refractivity contribution in [1.29, 1.82) is 0 Å². The van der Waals surface area contributed by atoms with Crippen molar-refractivity contribution in [3.05, 3.63) is 17.5 Å². The maximum absolute atomic E-state index is 5.56. The van der Waals surface area contributed by atoms with Crippen molar-refractivity contribution in [2.24, 2.45) is 11.7 Å². The molecule has 0 aliphatic heterocycles. The van der Waals surface area contributed by atoms with E-state index < -0.39 is 0 Å². The van der Waals surface area contributed by atoms with Gasteiger partial charge in [0.05, 0.1) is 5.69 Å². The molecule has 2 N–H and O–H groups in total. The lowest BCUT2D eigenvalue weighted by Crippen LogP contribution is -2.00. The number of aryl methyl sites for hydroxylation is 1. The maximum atomic E-state index is 5.56. The zero-order valence-corrected chi connectivity index (χ0v) is 7.45. The molecule has 1 saturated carbocycles. The van der Waals surface area contributed by atoms with Crippen molar-refractivity contribution in [3.63, 3.8) is 0 Å². The summed E-state index contributed by atoms with van der Waals surface area (Å²) in [5, 5.41) is 4.40. The molecule has 12 heavy (non-hydrogen) atoms. The monoisotopic (exact) mass is 165 g/mol. The Kier molecular flexibility index (Phi) is 1.89. The van der Waals surface area contributed by atoms with Gasteiger partial charge in [-0.1, -0.05) is 0 Å². The van der Waals surface area contributed by atoms with Crippen LogP contribution in [0, 0.1) is 12.8 Å². The van der Waals surface area contributed by atoms with Gasteiger partial charge in [-0.05, 0) is 25.7 Å². The molecule has 1 fully saturated rings. The van der Waals surface area contributed by atoms with Gasteiger partial charge in [-0.15, -0.1) is 0 Å². The lowest BCUT2D eigenvalue weighted by molar-refractivity contribution is 0.559. The predicted octanol–water partition coefficient (Wildman–Crippen LogP) is 1.06. The van der Waals surface area contributed by atoms with Gasteiger partial charge in [-0.2, -0.15) is 5.10 Å². The number of aromatic nitrogens is 2. The minimum Gasteiger partial charge on any atom is -0.326 e. The van der Waals surface area contributed by atoms with E-state index in [2.05, 4.69) is 11.3 Å². The van der Waals surface area contributed by atoms with Crippen LogP contribution in [0.5, 0.6) is 0 Å². The fourth-order valence-electron chi connectivity index (χ4n) is 1.42. The van der Waals surface area contributed by atoms with E-state index in [1.807, 2.05) is 11.6 Å². The van der Waals surface area contributed by atoms with E-state index in [-0.39, 0.29) is 0 Å². The molecule has 0 atom stereocenters. The zero-order chi connectivity index (χ0) is 8.55. The summed E-state index contributed by atoms with van der Waals surface area (Å²) in [5.41, 5.74) is 7.82. The summed E-state index contributed by atoms with van der Waals surface area (Å²) in [6.45, 7) is 3.71. The Bertz CT molecular complexity index is 273. The van der Waals surface area contributed by atoms with E-state index >= 15 is 0 Å². The highest BCUT2D eigenvalue weighted by molar-refractivity contribution is 5.14. The molecule has 0 aromatic carbocycles. The highest BCUT2D eigenvalue weighted by Gasteiger charge is 2.22. The molecular weight excluding hydrogens is 150 g/mol. The Morgan fingerprint density at radius 3 is 2.92 bits per heavy atom. The normalized spacial score (nSPS) is 16.8. The van der Waals surface area contributed by atoms with Crippen molar-refractivity contribution in [2.75, 3.05) is 0 Å². The van der Waals surface area contributed by atoms with Crippen LogP contribution in [-0.4, -0.2) is 9.78 Å². The van der Waals surface area contributed by atoms with E-state index in [4.69, 9.17) is 5.73 Å². The van der Waals surface area contributed by atoms with Crippen LogP contribution in [0.25, 0.3) is 0 Å². The van der Waals surface area contributed by atoms with Gasteiger partial charge in [0.15, 0.2) is 0 Å². The van der Waals surface area contributed by atoms with Gasteiger partial charge < -0.3 is 5.73 Å². The smallest absolute Gasteiger partial charge is 0.0638 e. The first-order valence-electron chi connectivity index (χ1n) is 4.52. The third kappa shape index (κ3) is 1.50. The van der Waals surface area contributed by atoms with Gasteiger partial charge in [0, 0.05) is 24.8 Å². The van der Waals surface area contributed by atoms with Gasteiger partial charge in [0.25, 0.3) is 0 Å². The van der Waals surface area contributed by atoms with Crippen LogP contribution in [0.15, 0.2) is 6.20 Å².